The molecule has 8 aliphatic rings. The molecular formula is C114H148N16O10S4. The third-order valence-electron chi connectivity index (χ3n) is 31.3. The van der Waals surface area contributed by atoms with Gasteiger partial charge in [-0.3, -0.25) is 47.9 Å². The number of nitrogens with zero attached hydrogens (tertiary/aromatic N) is 8. The van der Waals surface area contributed by atoms with E-state index in [0.717, 1.165) is 208 Å². The molecule has 4 aliphatic carbocycles. The second-order valence-corrected chi connectivity index (χ2v) is 44.5. The van der Waals surface area contributed by atoms with Crippen LogP contribution in [0.25, 0.3) is 44.1 Å². The van der Waals surface area contributed by atoms with Gasteiger partial charge < -0.3 is 62.1 Å². The van der Waals surface area contributed by atoms with E-state index >= 15 is 0 Å². The van der Waals surface area contributed by atoms with Gasteiger partial charge in [0, 0.05) is 70.0 Å². The van der Waals surface area contributed by atoms with Crippen LogP contribution >= 0.6 is 45.3 Å². The van der Waals surface area contributed by atoms with Crippen LogP contribution in [0.15, 0.2) is 143 Å². The minimum absolute atomic E-state index is 0.0159. The first-order valence-electron chi connectivity index (χ1n) is 52.9. The SMILES string of the molecule is CN[C@@H](C)C(=O)N[C@H](C(=O)N1CCC[C@H]1c1nc(-c2ccc(C)c3ccccc23)cs1)C1CCCCC1.CN[C@@H](C)C(=O)N[C@H](C(=O)N1CCC[C@H]1c1nc(C(=O)c2cccc(C)c2)cs1)C1CCCCC1.CN[C@H](C)C(=O)N[C@@H](C(=O)N1CCC[C@@H]1c1nc(-c2ccc(C)c3ccccc23)cs1)C1CCCCC1.CN[C@H](C)C(=O)N[C@@H](C(=O)N1CCC[C@@H]1c1nc(C(=O)c2cccc(C)c2)cs1)C1CCCCC1. The average molecular weight is 2030 g/mol. The molecule has 4 saturated heterocycles. The Morgan fingerprint density at radius 1 is 0.299 bits per heavy atom. The Morgan fingerprint density at radius 3 is 0.833 bits per heavy atom. The molecule has 768 valence electrons. The van der Waals surface area contributed by atoms with Crippen LogP contribution in [-0.4, -0.2) is 201 Å². The average Bonchev–Trinajstić information content (AvgIpc) is 1.60. The smallest absolute Gasteiger partial charge is 0.246 e. The van der Waals surface area contributed by atoms with E-state index in [1.54, 1.807) is 75.5 Å². The zero-order valence-corrected chi connectivity index (χ0v) is 89.3. The highest BCUT2D eigenvalue weighted by atomic mass is 32.1. The highest BCUT2D eigenvalue weighted by molar-refractivity contribution is 7.11. The van der Waals surface area contributed by atoms with Gasteiger partial charge in [0.05, 0.1) is 59.7 Å². The number of likely N-dealkylation sites (N-methyl/N-ethyl adjacent to an activating group) is 4. The normalized spacial score (nSPS) is 20.3. The lowest BCUT2D eigenvalue weighted by molar-refractivity contribution is -0.139. The van der Waals surface area contributed by atoms with Crippen LogP contribution < -0.4 is 42.5 Å². The molecule has 0 unspecified atom stereocenters. The van der Waals surface area contributed by atoms with Crippen LogP contribution in [0.1, 0.15) is 306 Å². The molecule has 12 atom stereocenters. The van der Waals surface area contributed by atoms with Crippen LogP contribution in [0.5, 0.6) is 0 Å². The lowest BCUT2D eigenvalue weighted by Gasteiger charge is -2.35. The quantitative estimate of drug-likeness (QED) is 0.0194. The summed E-state index contributed by atoms with van der Waals surface area (Å²) in [5, 5.41) is 40.7. The van der Waals surface area contributed by atoms with Gasteiger partial charge in [0.15, 0.2) is 0 Å². The molecule has 10 aromatic rings. The number of aryl methyl sites for hydroxylation is 4. The fraction of sp³-hybridized carbons (Fsp3) is 0.526. The minimum atomic E-state index is -0.521. The Hall–Kier alpha value is -10.7. The number of aromatic nitrogens is 4. The van der Waals surface area contributed by atoms with Gasteiger partial charge in [0.1, 0.15) is 55.6 Å². The van der Waals surface area contributed by atoms with Gasteiger partial charge in [-0.1, -0.05) is 197 Å². The molecule has 8 amide bonds. The van der Waals surface area contributed by atoms with E-state index in [1.807, 2.05) is 95.8 Å². The lowest BCUT2D eigenvalue weighted by Crippen LogP contribution is -2.55. The molecule has 8 N–H and O–H groups in total. The molecular weight excluding hydrogens is 1880 g/mol. The first kappa shape index (κ1) is 108. The molecule has 18 rings (SSSR count). The van der Waals surface area contributed by atoms with E-state index in [1.165, 1.54) is 81.0 Å². The maximum Gasteiger partial charge on any atom is 0.246 e. The maximum atomic E-state index is 14.0. The molecule has 4 aromatic heterocycles. The van der Waals surface area contributed by atoms with Crippen LogP contribution in [0.2, 0.25) is 0 Å². The number of carbonyl (C=O) groups is 10. The fourth-order valence-electron chi connectivity index (χ4n) is 22.3. The Balaban J connectivity index is 0.000000145. The summed E-state index contributed by atoms with van der Waals surface area (Å²) in [7, 11) is 7.04. The third kappa shape index (κ3) is 25.9. The molecule has 0 bridgehead atoms. The molecule has 144 heavy (non-hydrogen) atoms. The van der Waals surface area contributed by atoms with Gasteiger partial charge in [0.25, 0.3) is 0 Å². The Labute approximate surface area is 865 Å². The second kappa shape index (κ2) is 51.1. The van der Waals surface area contributed by atoms with E-state index in [0.29, 0.717) is 48.7 Å². The summed E-state index contributed by atoms with van der Waals surface area (Å²) in [4.78, 5) is 160. The summed E-state index contributed by atoms with van der Waals surface area (Å²) in [6.45, 7) is 18.2. The van der Waals surface area contributed by atoms with Crippen LogP contribution in [0, 0.1) is 51.4 Å². The summed E-state index contributed by atoms with van der Waals surface area (Å²) in [5.41, 5.74) is 10.9. The molecule has 8 heterocycles. The molecule has 0 spiro atoms. The number of nitrogens with one attached hydrogen (secondary N) is 8. The van der Waals surface area contributed by atoms with E-state index in [-0.39, 0.29) is 131 Å². The molecule has 6 aromatic carbocycles. The molecule has 4 saturated carbocycles. The number of amides is 8. The molecule has 8 fully saturated rings. The largest absolute Gasteiger partial charge is 0.343 e. The minimum Gasteiger partial charge on any atom is -0.343 e. The van der Waals surface area contributed by atoms with Gasteiger partial charge >= 0.3 is 0 Å². The van der Waals surface area contributed by atoms with Crippen molar-refractivity contribution < 1.29 is 47.9 Å². The fourth-order valence-corrected chi connectivity index (χ4v) is 26.2. The highest BCUT2D eigenvalue weighted by Gasteiger charge is 2.46. The molecule has 30 heteroatoms. The van der Waals surface area contributed by atoms with Crippen molar-refractivity contribution in [2.75, 3.05) is 54.4 Å². The van der Waals surface area contributed by atoms with Crippen molar-refractivity contribution in [2.24, 2.45) is 23.7 Å². The predicted octanol–water partition coefficient (Wildman–Crippen LogP) is 19.3. The number of hydrogen-bond donors (Lipinski definition) is 8. The van der Waals surface area contributed by atoms with Crippen molar-refractivity contribution in [3.8, 4) is 22.5 Å². The van der Waals surface area contributed by atoms with Crippen LogP contribution in [0.3, 0.4) is 0 Å². The number of carbonyl (C=O) groups excluding carboxylic acids is 10. The van der Waals surface area contributed by atoms with Crippen LogP contribution in [-0.2, 0) is 38.4 Å². The Kier molecular flexibility index (Phi) is 38.1. The highest BCUT2D eigenvalue weighted by Crippen LogP contribution is 2.45. The zero-order chi connectivity index (χ0) is 102. The summed E-state index contributed by atoms with van der Waals surface area (Å²) < 4.78 is 0. The van der Waals surface area contributed by atoms with Crippen molar-refractivity contribution in [1.82, 2.24) is 82.1 Å². The topological polar surface area (TPSA) is 331 Å². The van der Waals surface area contributed by atoms with Crippen LogP contribution in [0.4, 0.5) is 0 Å². The standard InChI is InChI=1S/2C30H38N4O2S.2C27H36N4O3S/c2*1-19-15-16-24(23-13-8-7-12-22(19)23)25-18-37-29(32-25)26-14-9-17-34(26)30(36)27(21-10-5-4-6-11-21)33-28(35)20(2)31-3;2*1-17-9-7-12-20(15-17)24(32)21-16-35-26(29-21)22-13-8-14-31(22)27(34)23(19-10-5-4-6-11-19)30-25(33)18(2)28-3/h2*7-8,12-13,15-16,18,20-21,26-27,31H,4-6,9-11,14,17H2,1-3H3,(H,33,35);2*7,9,12,15-16,18-19,22-23,28H,4-6,8,10-11,13-14H2,1-3H3,(H,30,33)/t2*20-,26-,27-;2*18-,22-,23-/m1010/s1. The summed E-state index contributed by atoms with van der Waals surface area (Å²) in [6, 6.07) is 36.9. The predicted molar refractivity (Wildman–Crippen MR) is 576 cm³/mol. The third-order valence-corrected chi connectivity index (χ3v) is 35.1. The number of hydrogen-bond acceptors (Lipinski definition) is 22. The Bertz CT molecular complexity index is 5740. The number of benzene rings is 6. The van der Waals surface area contributed by atoms with Crippen molar-refractivity contribution >= 4 is 126 Å². The van der Waals surface area contributed by atoms with Gasteiger partial charge in [-0.15, -0.1) is 45.3 Å². The van der Waals surface area contributed by atoms with E-state index in [2.05, 4.69) is 150 Å². The second-order valence-electron chi connectivity index (χ2n) is 41.0. The van der Waals surface area contributed by atoms with Gasteiger partial charge in [-0.05, 0) is 255 Å². The number of ketones is 2. The van der Waals surface area contributed by atoms with Gasteiger partial charge in [-0.2, -0.15) is 0 Å². The monoisotopic (exact) mass is 2030 g/mol. The molecule has 0 radical (unpaired) electrons. The van der Waals surface area contributed by atoms with E-state index in [9.17, 15) is 47.9 Å². The van der Waals surface area contributed by atoms with Crippen molar-refractivity contribution in [3.05, 3.63) is 208 Å². The Morgan fingerprint density at radius 2 is 0.562 bits per heavy atom. The zero-order valence-electron chi connectivity index (χ0n) is 86.0. The van der Waals surface area contributed by atoms with Gasteiger partial charge in [-0.25, -0.2) is 19.9 Å². The summed E-state index contributed by atoms with van der Waals surface area (Å²) in [6.07, 6.45) is 28.5. The number of fused-ring (bicyclic) bond motifs is 2. The number of thiazole rings is 4. The van der Waals surface area contributed by atoms with E-state index < -0.39 is 24.2 Å². The first-order chi connectivity index (χ1) is 69.7. The molecule has 26 nitrogen and oxygen atoms in total. The number of likely N-dealkylation sites (tertiary alicyclic amines) is 4. The summed E-state index contributed by atoms with van der Waals surface area (Å²) in [5.74, 6) is 0.0849. The number of rotatable bonds is 30. The van der Waals surface area contributed by atoms with E-state index in [4.69, 9.17) is 9.97 Å². The van der Waals surface area contributed by atoms with Gasteiger partial charge in [0.2, 0.25) is 58.8 Å². The van der Waals surface area contributed by atoms with Crippen molar-refractivity contribution in [3.63, 3.8) is 0 Å². The van der Waals surface area contributed by atoms with Crippen molar-refractivity contribution in [2.45, 2.75) is 308 Å². The first-order valence-corrected chi connectivity index (χ1v) is 56.4. The maximum absolute atomic E-state index is 14.0. The lowest BCUT2D eigenvalue weighted by atomic mass is 9.83. The van der Waals surface area contributed by atoms with Crippen molar-refractivity contribution in [1.29, 1.82) is 0 Å². The summed E-state index contributed by atoms with van der Waals surface area (Å²) >= 11 is 6.17. The molecule has 4 aliphatic heterocycles.